The molecule has 7 heteroatoms. The van der Waals surface area contributed by atoms with Crippen LogP contribution in [-0.4, -0.2) is 61.8 Å². The molecule has 2 amide bonds. The third-order valence-electron chi connectivity index (χ3n) is 4.69. The van der Waals surface area contributed by atoms with E-state index in [1.165, 1.54) is 11.3 Å². The largest absolute Gasteiger partial charge is 0.376 e. The monoisotopic (exact) mass is 372 g/mol. The van der Waals surface area contributed by atoms with Crippen LogP contribution in [0, 0.1) is 0 Å². The SMILES string of the molecule is O=C(c1cccs1)N1CCOC[C@]2(C1)CN(c1ccccc1)C(=O)CO2. The molecule has 6 nitrogen and oxygen atoms in total. The summed E-state index contributed by atoms with van der Waals surface area (Å²) in [6.45, 7) is 2.09. The molecule has 136 valence electrons. The van der Waals surface area contributed by atoms with Crippen LogP contribution in [0.3, 0.4) is 0 Å². The molecule has 2 aliphatic rings. The van der Waals surface area contributed by atoms with E-state index >= 15 is 0 Å². The number of nitrogens with zero attached hydrogens (tertiary/aromatic N) is 2. The average Bonchev–Trinajstić information content (AvgIpc) is 3.13. The van der Waals surface area contributed by atoms with Crippen LogP contribution < -0.4 is 4.90 Å². The van der Waals surface area contributed by atoms with E-state index in [1.54, 1.807) is 9.80 Å². The first-order valence-corrected chi connectivity index (χ1v) is 9.45. The molecular formula is C19H20N2O4S. The number of amides is 2. The van der Waals surface area contributed by atoms with Crippen LogP contribution in [-0.2, 0) is 14.3 Å². The van der Waals surface area contributed by atoms with E-state index in [0.29, 0.717) is 37.7 Å². The Balaban J connectivity index is 1.57. The Hall–Kier alpha value is -2.22. The zero-order valence-electron chi connectivity index (χ0n) is 14.3. The van der Waals surface area contributed by atoms with Crippen LogP contribution in [0.1, 0.15) is 9.67 Å². The number of hydrogen-bond donors (Lipinski definition) is 0. The molecule has 4 rings (SSSR count). The van der Waals surface area contributed by atoms with Gasteiger partial charge in [0.15, 0.2) is 0 Å². The fourth-order valence-electron chi connectivity index (χ4n) is 3.38. The molecule has 2 saturated heterocycles. The maximum Gasteiger partial charge on any atom is 0.264 e. The molecule has 26 heavy (non-hydrogen) atoms. The van der Waals surface area contributed by atoms with Crippen LogP contribution in [0.4, 0.5) is 5.69 Å². The predicted octanol–water partition coefficient (Wildman–Crippen LogP) is 2.02. The lowest BCUT2D eigenvalue weighted by Gasteiger charge is -2.42. The van der Waals surface area contributed by atoms with Gasteiger partial charge in [0.05, 0.1) is 31.2 Å². The third kappa shape index (κ3) is 3.38. The number of anilines is 1. The number of carbonyl (C=O) groups excluding carboxylic acids is 2. The molecule has 0 radical (unpaired) electrons. The van der Waals surface area contributed by atoms with Crippen molar-refractivity contribution < 1.29 is 19.1 Å². The van der Waals surface area contributed by atoms with Crippen molar-refractivity contribution in [2.75, 3.05) is 44.4 Å². The van der Waals surface area contributed by atoms with Gasteiger partial charge in [0.1, 0.15) is 12.2 Å². The maximum absolute atomic E-state index is 12.8. The minimum Gasteiger partial charge on any atom is -0.376 e. The van der Waals surface area contributed by atoms with Crippen molar-refractivity contribution in [2.24, 2.45) is 0 Å². The average molecular weight is 372 g/mol. The highest BCUT2D eigenvalue weighted by molar-refractivity contribution is 7.12. The van der Waals surface area contributed by atoms with Gasteiger partial charge in [0.25, 0.3) is 11.8 Å². The van der Waals surface area contributed by atoms with Gasteiger partial charge >= 0.3 is 0 Å². The number of morpholine rings is 1. The number of para-hydroxylation sites is 1. The molecule has 0 N–H and O–H groups in total. The van der Waals surface area contributed by atoms with Gasteiger partial charge in [-0.3, -0.25) is 9.59 Å². The van der Waals surface area contributed by atoms with E-state index in [1.807, 2.05) is 47.8 Å². The van der Waals surface area contributed by atoms with E-state index in [4.69, 9.17) is 9.47 Å². The number of rotatable bonds is 2. The molecule has 1 spiro atoms. The first-order valence-electron chi connectivity index (χ1n) is 8.57. The lowest BCUT2D eigenvalue weighted by Crippen LogP contribution is -2.61. The standard InChI is InChI=1S/C19H20N2O4S/c22-17-11-25-19(13-21(17)15-5-2-1-3-6-15)12-20(8-9-24-14-19)18(23)16-7-4-10-26-16/h1-7,10H,8-9,11-14H2/t19-/m0/s1. The Bertz CT molecular complexity index is 780. The number of thiophene rings is 1. The normalized spacial score (nSPS) is 23.9. The smallest absolute Gasteiger partial charge is 0.264 e. The molecule has 0 saturated carbocycles. The maximum atomic E-state index is 12.8. The van der Waals surface area contributed by atoms with Crippen molar-refractivity contribution in [3.05, 3.63) is 52.7 Å². The summed E-state index contributed by atoms with van der Waals surface area (Å²) in [6, 6.07) is 13.2. The Labute approximate surface area is 155 Å². The van der Waals surface area contributed by atoms with Crippen molar-refractivity contribution in [3.63, 3.8) is 0 Å². The van der Waals surface area contributed by atoms with E-state index in [0.717, 1.165) is 5.69 Å². The molecule has 0 aliphatic carbocycles. The van der Waals surface area contributed by atoms with Crippen molar-refractivity contribution in [1.82, 2.24) is 4.90 Å². The van der Waals surface area contributed by atoms with Gasteiger partial charge in [-0.15, -0.1) is 11.3 Å². The first-order chi connectivity index (χ1) is 12.7. The second-order valence-electron chi connectivity index (χ2n) is 6.54. The molecule has 1 aromatic heterocycles. The minimum absolute atomic E-state index is 0.0146. The molecule has 2 aromatic rings. The van der Waals surface area contributed by atoms with Gasteiger partial charge < -0.3 is 19.3 Å². The number of hydrogen-bond acceptors (Lipinski definition) is 5. The van der Waals surface area contributed by atoms with Gasteiger partial charge in [-0.25, -0.2) is 0 Å². The predicted molar refractivity (Wildman–Crippen MR) is 98.5 cm³/mol. The number of carbonyl (C=O) groups is 2. The first kappa shape index (κ1) is 17.2. The lowest BCUT2D eigenvalue weighted by atomic mass is 10.0. The second kappa shape index (κ2) is 7.19. The van der Waals surface area contributed by atoms with E-state index < -0.39 is 5.60 Å². The molecule has 1 aromatic carbocycles. The second-order valence-corrected chi connectivity index (χ2v) is 7.49. The number of benzene rings is 1. The molecule has 1 atom stereocenters. The summed E-state index contributed by atoms with van der Waals surface area (Å²) in [5.74, 6) is -0.0983. The zero-order valence-corrected chi connectivity index (χ0v) is 15.1. The highest BCUT2D eigenvalue weighted by Gasteiger charge is 2.44. The Morgan fingerprint density at radius 2 is 1.96 bits per heavy atom. The third-order valence-corrected chi connectivity index (χ3v) is 5.54. The molecule has 0 unspecified atom stereocenters. The van der Waals surface area contributed by atoms with Crippen molar-refractivity contribution >= 4 is 28.8 Å². The van der Waals surface area contributed by atoms with Crippen LogP contribution in [0.25, 0.3) is 0 Å². The Morgan fingerprint density at radius 1 is 1.12 bits per heavy atom. The van der Waals surface area contributed by atoms with Crippen LogP contribution in [0.2, 0.25) is 0 Å². The summed E-state index contributed by atoms with van der Waals surface area (Å²) in [5.41, 5.74) is 0.119. The van der Waals surface area contributed by atoms with E-state index in [9.17, 15) is 9.59 Å². The van der Waals surface area contributed by atoms with Crippen LogP contribution in [0.5, 0.6) is 0 Å². The molecule has 0 bridgehead atoms. The summed E-state index contributed by atoms with van der Waals surface area (Å²) >= 11 is 1.43. The van der Waals surface area contributed by atoms with Gasteiger partial charge in [-0.2, -0.15) is 0 Å². The van der Waals surface area contributed by atoms with Crippen LogP contribution >= 0.6 is 11.3 Å². The van der Waals surface area contributed by atoms with Gasteiger partial charge in [0.2, 0.25) is 0 Å². The van der Waals surface area contributed by atoms with Crippen molar-refractivity contribution in [1.29, 1.82) is 0 Å². The van der Waals surface area contributed by atoms with Gasteiger partial charge in [-0.05, 0) is 23.6 Å². The Morgan fingerprint density at radius 3 is 2.73 bits per heavy atom. The minimum atomic E-state index is -0.715. The summed E-state index contributed by atoms with van der Waals surface area (Å²) in [4.78, 5) is 29.4. The summed E-state index contributed by atoms with van der Waals surface area (Å²) in [5, 5.41) is 1.89. The molecular weight excluding hydrogens is 352 g/mol. The van der Waals surface area contributed by atoms with Gasteiger partial charge in [-0.1, -0.05) is 24.3 Å². The fraction of sp³-hybridized carbons (Fsp3) is 0.368. The molecule has 3 heterocycles. The highest BCUT2D eigenvalue weighted by atomic mass is 32.1. The van der Waals surface area contributed by atoms with E-state index in [2.05, 4.69) is 0 Å². The highest BCUT2D eigenvalue weighted by Crippen LogP contribution is 2.28. The van der Waals surface area contributed by atoms with Crippen molar-refractivity contribution in [3.8, 4) is 0 Å². The summed E-state index contributed by atoms with van der Waals surface area (Å²) in [7, 11) is 0. The Kier molecular flexibility index (Phi) is 4.76. The zero-order chi connectivity index (χ0) is 18.0. The number of ether oxygens (including phenoxy) is 2. The van der Waals surface area contributed by atoms with Gasteiger partial charge in [0, 0.05) is 12.2 Å². The lowest BCUT2D eigenvalue weighted by molar-refractivity contribution is -0.145. The van der Waals surface area contributed by atoms with Crippen LogP contribution in [0.15, 0.2) is 47.8 Å². The molecule has 2 aliphatic heterocycles. The quantitative estimate of drug-likeness (QED) is 0.809. The summed E-state index contributed by atoms with van der Waals surface area (Å²) < 4.78 is 11.7. The van der Waals surface area contributed by atoms with Crippen molar-refractivity contribution in [2.45, 2.75) is 5.60 Å². The summed E-state index contributed by atoms with van der Waals surface area (Å²) in [6.07, 6.45) is 0. The topological polar surface area (TPSA) is 59.1 Å². The van der Waals surface area contributed by atoms with E-state index in [-0.39, 0.29) is 18.4 Å². The fourth-order valence-corrected chi connectivity index (χ4v) is 4.07. The molecule has 2 fully saturated rings.